The SMILES string of the molecule is CC1(C)c2ccc([nH]2)C(C)(c2ccc(C#N)cc2)c2ccc([nH]2)C(C)(C)c2ccc([nH]2)C(C)(c2ccc(C#N)cc2)c2ccc1[nH]2.CC1(C)c2ccc([nH]2)C(C)(c2ccc(C#N)cc2)c2ccc([nH]2)C(C)(C)c2ccc([nH]2)C(C)(c2ccc(C#N)cc2)c2ccc1[nH]2.CO.CO.[O-][n+]1cc[n+]([O-])cc1. The molecule has 15 rings (SSSR count). The van der Waals surface area contributed by atoms with Crippen LogP contribution in [0.4, 0.5) is 0 Å². The molecule has 4 aromatic carbocycles. The molecule has 0 aliphatic carbocycles. The minimum absolute atomic E-state index is 0.367. The number of aliphatic hydroxyl groups is 2. The Morgan fingerprint density at radius 3 is 0.481 bits per heavy atom. The predicted molar refractivity (Wildman–Crippen MR) is 402 cm³/mol. The zero-order chi connectivity index (χ0) is 75.0. The summed E-state index contributed by atoms with van der Waals surface area (Å²) in [5.41, 5.74) is 20.6. The van der Waals surface area contributed by atoms with Crippen molar-refractivity contribution in [3.05, 3.63) is 365 Å². The van der Waals surface area contributed by atoms with Gasteiger partial charge in [-0.15, -0.1) is 0 Å². The molecule has 0 unspecified atom stereocenters. The molecule has 9 aromatic heterocycles. The summed E-state index contributed by atoms with van der Waals surface area (Å²) >= 11 is 0. The number of benzene rings is 4. The summed E-state index contributed by atoms with van der Waals surface area (Å²) in [6, 6.07) is 75.8. The lowest BCUT2D eigenvalue weighted by molar-refractivity contribution is -0.665. The van der Waals surface area contributed by atoms with Crippen molar-refractivity contribution in [1.29, 1.82) is 21.0 Å². The average Bonchev–Trinajstić information content (AvgIpc) is 1.57. The number of aromatic nitrogens is 10. The predicted octanol–water partition coefficient (Wildman–Crippen LogP) is 15.0. The molecular formula is C86H88N14O4. The first-order valence-corrected chi connectivity index (χ1v) is 34.4. The number of rotatable bonds is 4. The average molecular weight is 1380 g/mol. The van der Waals surface area contributed by atoms with Gasteiger partial charge in [0.05, 0.1) is 68.2 Å². The molecule has 2 aliphatic rings. The number of fused-ring (bicyclic) bond motifs is 16. The minimum Gasteiger partial charge on any atom is -0.618 e. The lowest BCUT2D eigenvalue weighted by Crippen LogP contribution is -2.33. The van der Waals surface area contributed by atoms with Gasteiger partial charge in [-0.2, -0.15) is 30.5 Å². The van der Waals surface area contributed by atoms with Crippen LogP contribution in [0.25, 0.3) is 0 Å². The molecule has 0 amide bonds. The molecule has 0 saturated heterocycles. The normalized spacial score (nSPS) is 19.7. The van der Waals surface area contributed by atoms with Crippen molar-refractivity contribution >= 4 is 0 Å². The highest BCUT2D eigenvalue weighted by molar-refractivity contribution is 5.56. The lowest BCUT2D eigenvalue weighted by Gasteiger charge is -2.32. The largest absolute Gasteiger partial charge is 0.618 e. The van der Waals surface area contributed by atoms with Crippen LogP contribution in [0.2, 0.25) is 0 Å². The Morgan fingerprint density at radius 2 is 0.356 bits per heavy atom. The van der Waals surface area contributed by atoms with E-state index in [1.807, 2.05) is 48.5 Å². The molecule has 526 valence electrons. The van der Waals surface area contributed by atoms with Gasteiger partial charge in [-0.05, 0) is 251 Å². The molecule has 0 spiro atoms. The van der Waals surface area contributed by atoms with Gasteiger partial charge in [0.15, 0.2) is 0 Å². The number of nitrogens with one attached hydrogen (secondary N) is 8. The van der Waals surface area contributed by atoms with E-state index in [2.05, 4.69) is 293 Å². The summed E-state index contributed by atoms with van der Waals surface area (Å²) in [5.74, 6) is 0. The van der Waals surface area contributed by atoms with Crippen LogP contribution in [0.5, 0.6) is 0 Å². The molecule has 10 N–H and O–H groups in total. The minimum atomic E-state index is -0.538. The lowest BCUT2D eigenvalue weighted by atomic mass is 9.76. The van der Waals surface area contributed by atoms with Crippen LogP contribution in [0.15, 0.2) is 219 Å². The summed E-state index contributed by atoms with van der Waals surface area (Å²) in [5, 5.41) is 72.3. The molecule has 18 nitrogen and oxygen atoms in total. The van der Waals surface area contributed by atoms with Gasteiger partial charge < -0.3 is 60.5 Å². The van der Waals surface area contributed by atoms with Gasteiger partial charge in [0.25, 0.3) is 0 Å². The van der Waals surface area contributed by atoms with Gasteiger partial charge in [-0.1, -0.05) is 48.5 Å². The van der Waals surface area contributed by atoms with Crippen molar-refractivity contribution in [3.63, 3.8) is 0 Å². The van der Waals surface area contributed by atoms with E-state index < -0.39 is 21.7 Å². The third-order valence-electron chi connectivity index (χ3n) is 22.3. The fourth-order valence-corrected chi connectivity index (χ4v) is 14.7. The maximum Gasteiger partial charge on any atom is 0.245 e. The summed E-state index contributed by atoms with van der Waals surface area (Å²) < 4.78 is 1.10. The van der Waals surface area contributed by atoms with E-state index in [4.69, 9.17) is 10.2 Å². The Balaban J connectivity index is 0.000000180. The molecule has 11 heterocycles. The number of nitriles is 4. The van der Waals surface area contributed by atoms with Crippen LogP contribution in [0.3, 0.4) is 0 Å². The first-order chi connectivity index (χ1) is 49.6. The topological polar surface area (TPSA) is 316 Å². The van der Waals surface area contributed by atoms with Crippen molar-refractivity contribution in [2.75, 3.05) is 14.2 Å². The molecule has 18 heteroatoms. The zero-order valence-corrected chi connectivity index (χ0v) is 61.2. The van der Waals surface area contributed by atoms with Gasteiger partial charge in [0.2, 0.25) is 24.8 Å². The first kappa shape index (κ1) is 72.9. The van der Waals surface area contributed by atoms with Gasteiger partial charge in [-0.3, -0.25) is 0 Å². The fourth-order valence-electron chi connectivity index (χ4n) is 14.7. The number of aliphatic hydroxyl groups excluding tert-OH is 2. The second-order valence-electron chi connectivity index (χ2n) is 29.4. The Kier molecular flexibility index (Phi) is 19.6. The standard InChI is InChI=1S/2C40H38N6.C4H4N2O2.2CH4O/c2*1-37(2)29-15-19-33(43-29)39(5,27-11-7-25(23-41)8-12-27)35-21-17-31(45-35)38(3,4)32-18-22-36(46-32)40(6,34-20-16-30(37)44-34)28-13-9-26(24-42)10-14-28;7-5-1-2-6(8)4-3-5;2*1-2/h2*7-22,43-46H,1-6H3;1-4H;2*2H,1H3. The third-order valence-corrected chi connectivity index (χ3v) is 22.3. The van der Waals surface area contributed by atoms with E-state index in [1.165, 1.54) is 0 Å². The van der Waals surface area contributed by atoms with Crippen molar-refractivity contribution in [1.82, 2.24) is 39.9 Å². The molecule has 0 radical (unpaired) electrons. The maximum atomic E-state index is 10.2. The van der Waals surface area contributed by atoms with Crippen LogP contribution in [0.1, 0.15) is 219 Å². The van der Waals surface area contributed by atoms with Gasteiger partial charge in [-0.25, -0.2) is 0 Å². The highest BCUT2D eigenvalue weighted by atomic mass is 16.5. The van der Waals surface area contributed by atoms with E-state index >= 15 is 0 Å². The van der Waals surface area contributed by atoms with Crippen molar-refractivity contribution in [3.8, 4) is 24.3 Å². The van der Waals surface area contributed by atoms with Crippen LogP contribution < -0.4 is 9.46 Å². The highest BCUT2D eigenvalue weighted by Crippen LogP contribution is 2.48. The van der Waals surface area contributed by atoms with Crippen LogP contribution in [0, 0.1) is 55.7 Å². The second kappa shape index (κ2) is 27.9. The molecule has 16 bridgehead atoms. The van der Waals surface area contributed by atoms with Gasteiger partial charge in [0, 0.05) is 127 Å². The van der Waals surface area contributed by atoms with Crippen molar-refractivity contribution in [2.24, 2.45) is 0 Å². The second-order valence-corrected chi connectivity index (χ2v) is 29.4. The summed E-state index contributed by atoms with van der Waals surface area (Å²) in [7, 11) is 2.00. The number of H-pyrrole nitrogens is 8. The third kappa shape index (κ3) is 12.5. The molecule has 0 fully saturated rings. The number of nitrogens with zero attached hydrogens (tertiary/aromatic N) is 6. The number of aromatic amines is 8. The highest BCUT2D eigenvalue weighted by Gasteiger charge is 2.44. The van der Waals surface area contributed by atoms with Crippen LogP contribution in [-0.4, -0.2) is 64.3 Å². The first-order valence-electron chi connectivity index (χ1n) is 34.4. The fraction of sp³-hybridized carbons (Fsp3) is 0.256. The summed E-state index contributed by atoms with van der Waals surface area (Å²) in [4.78, 5) is 30.8. The Hall–Kier alpha value is -12.3. The molecule has 104 heavy (non-hydrogen) atoms. The smallest absolute Gasteiger partial charge is 0.245 e. The van der Waals surface area contributed by atoms with E-state index in [1.54, 1.807) is 0 Å². The van der Waals surface area contributed by atoms with E-state index in [-0.39, 0.29) is 21.7 Å². The maximum absolute atomic E-state index is 10.2. The van der Waals surface area contributed by atoms with E-state index in [9.17, 15) is 31.5 Å². The van der Waals surface area contributed by atoms with Crippen molar-refractivity contribution < 1.29 is 19.7 Å². The molecule has 2 aliphatic heterocycles. The Morgan fingerprint density at radius 1 is 0.231 bits per heavy atom. The molecule has 0 atom stereocenters. The Labute approximate surface area is 607 Å². The van der Waals surface area contributed by atoms with Gasteiger partial charge in [0.1, 0.15) is 0 Å². The monoisotopic (exact) mass is 1380 g/mol. The molecule has 13 aromatic rings. The van der Waals surface area contributed by atoms with Crippen LogP contribution >= 0.6 is 0 Å². The van der Waals surface area contributed by atoms with E-state index in [0.717, 1.165) is 152 Å². The number of hydrogen-bond acceptors (Lipinski definition) is 8. The van der Waals surface area contributed by atoms with Crippen molar-refractivity contribution in [2.45, 2.75) is 126 Å². The van der Waals surface area contributed by atoms with Gasteiger partial charge >= 0.3 is 0 Å². The molecular weight excluding hydrogens is 1290 g/mol. The van der Waals surface area contributed by atoms with Crippen LogP contribution in [-0.2, 0) is 43.3 Å². The number of hydrogen-bond donors (Lipinski definition) is 10. The quantitative estimate of drug-likeness (QED) is 0.0595. The molecule has 0 saturated carbocycles. The summed E-state index contributed by atoms with van der Waals surface area (Å²) in [6.45, 7) is 26.9. The summed E-state index contributed by atoms with van der Waals surface area (Å²) in [6.07, 6.45) is 4.53. The Bertz CT molecular complexity index is 4520. The zero-order valence-electron chi connectivity index (χ0n) is 61.2. The van der Waals surface area contributed by atoms with E-state index in [0.29, 0.717) is 31.7 Å².